The number of piperazine rings is 1. The van der Waals surface area contributed by atoms with Crippen molar-refractivity contribution in [2.75, 3.05) is 26.2 Å². The summed E-state index contributed by atoms with van der Waals surface area (Å²) in [5.41, 5.74) is 0.0649. The SMILES string of the molecule is CC(c1cc(F)c(Br)c(F)c1F)N1CCNCC1. The third-order valence-corrected chi connectivity index (χ3v) is 4.01. The van der Waals surface area contributed by atoms with Crippen LogP contribution in [0.5, 0.6) is 0 Å². The molecular formula is C12H14BrF3N2. The van der Waals surface area contributed by atoms with E-state index < -0.39 is 21.9 Å². The molecule has 1 unspecified atom stereocenters. The smallest absolute Gasteiger partial charge is 0.176 e. The Balaban J connectivity index is 2.32. The van der Waals surface area contributed by atoms with Gasteiger partial charge in [-0.15, -0.1) is 0 Å². The lowest BCUT2D eigenvalue weighted by Crippen LogP contribution is -2.44. The summed E-state index contributed by atoms with van der Waals surface area (Å²) in [6.07, 6.45) is 0. The minimum Gasteiger partial charge on any atom is -0.314 e. The molecule has 0 aliphatic carbocycles. The maximum Gasteiger partial charge on any atom is 0.176 e. The normalized spacial score (nSPS) is 18.9. The van der Waals surface area contributed by atoms with Gasteiger partial charge in [0.15, 0.2) is 11.6 Å². The summed E-state index contributed by atoms with van der Waals surface area (Å²) in [5, 5.41) is 3.18. The molecule has 0 radical (unpaired) electrons. The predicted octanol–water partition coefficient (Wildman–Crippen LogP) is 2.83. The highest BCUT2D eigenvalue weighted by Gasteiger charge is 2.25. The molecule has 1 fully saturated rings. The van der Waals surface area contributed by atoms with E-state index in [4.69, 9.17) is 0 Å². The van der Waals surface area contributed by atoms with Crippen molar-refractivity contribution in [3.05, 3.63) is 33.6 Å². The molecule has 1 aromatic carbocycles. The first-order valence-corrected chi connectivity index (χ1v) is 6.59. The topological polar surface area (TPSA) is 15.3 Å². The molecule has 2 rings (SSSR count). The molecule has 1 aliphatic rings. The van der Waals surface area contributed by atoms with E-state index in [1.165, 1.54) is 0 Å². The minimum atomic E-state index is -1.16. The van der Waals surface area contributed by atoms with Crippen LogP contribution in [0.15, 0.2) is 10.5 Å². The van der Waals surface area contributed by atoms with E-state index in [-0.39, 0.29) is 11.6 Å². The van der Waals surface area contributed by atoms with Crippen molar-refractivity contribution in [2.45, 2.75) is 13.0 Å². The van der Waals surface area contributed by atoms with E-state index >= 15 is 0 Å². The number of hydrogen-bond donors (Lipinski definition) is 1. The zero-order chi connectivity index (χ0) is 13.3. The van der Waals surface area contributed by atoms with E-state index in [2.05, 4.69) is 21.2 Å². The number of nitrogens with one attached hydrogen (secondary N) is 1. The Bertz CT molecular complexity index is 447. The van der Waals surface area contributed by atoms with Gasteiger partial charge in [-0.3, -0.25) is 4.90 Å². The fourth-order valence-electron chi connectivity index (χ4n) is 2.16. The number of halogens is 4. The average molecular weight is 323 g/mol. The summed E-state index contributed by atoms with van der Waals surface area (Å²) >= 11 is 2.70. The van der Waals surface area contributed by atoms with Gasteiger partial charge in [0.25, 0.3) is 0 Å². The first kappa shape index (κ1) is 13.8. The molecular weight excluding hydrogens is 309 g/mol. The first-order chi connectivity index (χ1) is 8.52. The van der Waals surface area contributed by atoms with Gasteiger partial charge in [0.1, 0.15) is 5.82 Å². The van der Waals surface area contributed by atoms with Gasteiger partial charge in [0.2, 0.25) is 0 Å². The van der Waals surface area contributed by atoms with Crippen LogP contribution in [0.3, 0.4) is 0 Å². The van der Waals surface area contributed by atoms with Crippen LogP contribution in [-0.2, 0) is 0 Å². The molecule has 2 nitrogen and oxygen atoms in total. The Morgan fingerprint density at radius 1 is 1.22 bits per heavy atom. The second-order valence-corrected chi connectivity index (χ2v) is 5.14. The lowest BCUT2D eigenvalue weighted by atomic mass is 10.0. The van der Waals surface area contributed by atoms with Gasteiger partial charge >= 0.3 is 0 Å². The van der Waals surface area contributed by atoms with Crippen LogP contribution in [0.1, 0.15) is 18.5 Å². The number of nitrogens with zero attached hydrogens (tertiary/aromatic N) is 1. The van der Waals surface area contributed by atoms with Crippen LogP contribution in [0, 0.1) is 17.5 Å². The van der Waals surface area contributed by atoms with E-state index in [0.29, 0.717) is 0 Å². The van der Waals surface area contributed by atoms with Crippen molar-refractivity contribution in [1.82, 2.24) is 10.2 Å². The average Bonchev–Trinajstić information content (AvgIpc) is 2.41. The maximum atomic E-state index is 13.8. The van der Waals surface area contributed by atoms with Crippen LogP contribution >= 0.6 is 15.9 Å². The fraction of sp³-hybridized carbons (Fsp3) is 0.500. The summed E-state index contributed by atoms with van der Waals surface area (Å²) < 4.78 is 40.3. The largest absolute Gasteiger partial charge is 0.314 e. The predicted molar refractivity (Wildman–Crippen MR) is 66.9 cm³/mol. The fourth-order valence-corrected chi connectivity index (χ4v) is 2.45. The third-order valence-electron chi connectivity index (χ3n) is 3.28. The van der Waals surface area contributed by atoms with Crippen LogP contribution in [0.4, 0.5) is 13.2 Å². The molecule has 1 aliphatic heterocycles. The Kier molecular flexibility index (Phi) is 4.29. The van der Waals surface area contributed by atoms with Gasteiger partial charge in [-0.2, -0.15) is 0 Å². The van der Waals surface area contributed by atoms with Crippen LogP contribution in [0.25, 0.3) is 0 Å². The Morgan fingerprint density at radius 2 is 1.83 bits per heavy atom. The maximum absolute atomic E-state index is 13.8. The molecule has 1 heterocycles. The van der Waals surface area contributed by atoms with Crippen molar-refractivity contribution in [2.24, 2.45) is 0 Å². The number of benzene rings is 1. The summed E-state index contributed by atoms with van der Waals surface area (Å²) in [6.45, 7) is 4.83. The molecule has 0 spiro atoms. The van der Waals surface area contributed by atoms with Crippen LogP contribution in [0.2, 0.25) is 0 Å². The molecule has 1 atom stereocenters. The molecule has 1 saturated heterocycles. The first-order valence-electron chi connectivity index (χ1n) is 5.80. The summed E-state index contributed by atoms with van der Waals surface area (Å²) in [6, 6.07) is 0.721. The number of hydrogen-bond acceptors (Lipinski definition) is 2. The molecule has 100 valence electrons. The third kappa shape index (κ3) is 2.55. The lowest BCUT2D eigenvalue weighted by Gasteiger charge is -2.33. The second kappa shape index (κ2) is 5.59. The number of rotatable bonds is 2. The van der Waals surface area contributed by atoms with Gasteiger partial charge in [-0.05, 0) is 28.9 Å². The Morgan fingerprint density at radius 3 is 2.44 bits per heavy atom. The van der Waals surface area contributed by atoms with Crippen molar-refractivity contribution in [3.8, 4) is 0 Å². The van der Waals surface area contributed by atoms with E-state index in [9.17, 15) is 13.2 Å². The van der Waals surface area contributed by atoms with Crippen LogP contribution < -0.4 is 5.32 Å². The highest BCUT2D eigenvalue weighted by molar-refractivity contribution is 9.10. The molecule has 6 heteroatoms. The molecule has 0 saturated carbocycles. The lowest BCUT2D eigenvalue weighted by molar-refractivity contribution is 0.181. The molecule has 1 aromatic rings. The van der Waals surface area contributed by atoms with Gasteiger partial charge in [-0.25, -0.2) is 13.2 Å². The summed E-state index contributed by atoms with van der Waals surface area (Å²) in [4.78, 5) is 2.00. The summed E-state index contributed by atoms with van der Waals surface area (Å²) in [5.74, 6) is -2.91. The molecule has 1 N–H and O–H groups in total. The summed E-state index contributed by atoms with van der Waals surface area (Å²) in [7, 11) is 0. The van der Waals surface area contributed by atoms with E-state index in [0.717, 1.165) is 32.2 Å². The van der Waals surface area contributed by atoms with Gasteiger partial charge < -0.3 is 5.32 Å². The minimum absolute atomic E-state index is 0.0649. The molecule has 0 amide bonds. The van der Waals surface area contributed by atoms with E-state index in [1.54, 1.807) is 6.92 Å². The van der Waals surface area contributed by atoms with Crippen molar-refractivity contribution in [1.29, 1.82) is 0 Å². The van der Waals surface area contributed by atoms with Gasteiger partial charge in [0.05, 0.1) is 4.47 Å². The highest BCUT2D eigenvalue weighted by atomic mass is 79.9. The standard InChI is InChI=1S/C12H14BrF3N2/c1-7(18-4-2-17-3-5-18)8-6-9(14)10(13)12(16)11(8)15/h6-7,17H,2-5H2,1H3. The van der Waals surface area contributed by atoms with Crippen molar-refractivity contribution < 1.29 is 13.2 Å². The Labute approximate surface area is 112 Å². The molecule has 0 bridgehead atoms. The molecule has 0 aromatic heterocycles. The highest BCUT2D eigenvalue weighted by Crippen LogP contribution is 2.30. The van der Waals surface area contributed by atoms with Gasteiger partial charge in [-0.1, -0.05) is 0 Å². The second-order valence-electron chi connectivity index (χ2n) is 4.35. The van der Waals surface area contributed by atoms with Crippen molar-refractivity contribution in [3.63, 3.8) is 0 Å². The molecule has 18 heavy (non-hydrogen) atoms. The Hall–Kier alpha value is -0.590. The van der Waals surface area contributed by atoms with Crippen molar-refractivity contribution >= 4 is 15.9 Å². The zero-order valence-electron chi connectivity index (χ0n) is 9.94. The zero-order valence-corrected chi connectivity index (χ0v) is 11.5. The van der Waals surface area contributed by atoms with Crippen LogP contribution in [-0.4, -0.2) is 31.1 Å². The quantitative estimate of drug-likeness (QED) is 0.665. The van der Waals surface area contributed by atoms with E-state index in [1.807, 2.05) is 4.90 Å². The monoisotopic (exact) mass is 322 g/mol. The van der Waals surface area contributed by atoms with Gasteiger partial charge in [0, 0.05) is 37.8 Å².